The lowest BCUT2D eigenvalue weighted by atomic mass is 10.00. The average molecular weight is 398 g/mol. The lowest BCUT2D eigenvalue weighted by molar-refractivity contribution is 0.520. The van der Waals surface area contributed by atoms with E-state index in [9.17, 15) is 0 Å². The van der Waals surface area contributed by atoms with Crippen LogP contribution in [-0.2, 0) is 12.8 Å². The lowest BCUT2D eigenvalue weighted by Crippen LogP contribution is -2.33. The van der Waals surface area contributed by atoms with Crippen LogP contribution in [0.15, 0.2) is 51.7 Å². The van der Waals surface area contributed by atoms with Gasteiger partial charge in [-0.1, -0.05) is 35.0 Å². The predicted octanol–water partition coefficient (Wildman–Crippen LogP) is 4.37. The quantitative estimate of drug-likeness (QED) is 0.782. The molecule has 1 N–H and O–H groups in total. The van der Waals surface area contributed by atoms with Crippen molar-refractivity contribution in [1.82, 2.24) is 10.3 Å². The van der Waals surface area contributed by atoms with E-state index in [0.29, 0.717) is 6.04 Å². The van der Waals surface area contributed by atoms with E-state index in [0.717, 1.165) is 28.3 Å². The Morgan fingerprint density at radius 1 is 1.05 bits per heavy atom. The first-order valence-electron chi connectivity index (χ1n) is 6.74. The smallest absolute Gasteiger partial charge is 0.0410 e. The zero-order chi connectivity index (χ0) is 14.4. The first-order chi connectivity index (χ1) is 9.67. The van der Waals surface area contributed by atoms with Crippen LogP contribution in [0.1, 0.15) is 18.1 Å². The minimum atomic E-state index is 0.422. The number of nitrogens with one attached hydrogen (secondary N) is 1. The summed E-state index contributed by atoms with van der Waals surface area (Å²) >= 11 is 7.01. The van der Waals surface area contributed by atoms with Crippen molar-refractivity contribution in [3.05, 3.63) is 62.8 Å². The molecular formula is C16H18Br2N2. The highest BCUT2D eigenvalue weighted by Gasteiger charge is 2.10. The number of rotatable bonds is 6. The third kappa shape index (κ3) is 5.00. The van der Waals surface area contributed by atoms with Gasteiger partial charge in [-0.3, -0.25) is 4.98 Å². The van der Waals surface area contributed by atoms with Gasteiger partial charge < -0.3 is 5.32 Å². The maximum atomic E-state index is 4.24. The zero-order valence-corrected chi connectivity index (χ0v) is 14.6. The maximum Gasteiger partial charge on any atom is 0.0410 e. The van der Waals surface area contributed by atoms with Crippen molar-refractivity contribution < 1.29 is 0 Å². The van der Waals surface area contributed by atoms with Gasteiger partial charge >= 0.3 is 0 Å². The SMILES string of the molecule is CCNC(Cc1cccc(Br)c1)Cc1cncc(Br)c1. The van der Waals surface area contributed by atoms with Crippen LogP contribution in [0.2, 0.25) is 0 Å². The maximum absolute atomic E-state index is 4.24. The molecule has 2 aromatic rings. The Bertz CT molecular complexity index is 510. The van der Waals surface area contributed by atoms with Crippen LogP contribution < -0.4 is 5.32 Å². The largest absolute Gasteiger partial charge is 0.314 e. The fourth-order valence-electron chi connectivity index (χ4n) is 2.31. The third-order valence-electron chi connectivity index (χ3n) is 3.11. The van der Waals surface area contributed by atoms with Crippen LogP contribution in [0.5, 0.6) is 0 Å². The average Bonchev–Trinajstić information content (AvgIpc) is 2.39. The number of likely N-dealkylation sites (N-methyl/N-ethyl adjacent to an activating group) is 1. The molecule has 1 unspecified atom stereocenters. The van der Waals surface area contributed by atoms with E-state index in [1.54, 1.807) is 0 Å². The molecule has 1 aromatic carbocycles. The van der Waals surface area contributed by atoms with Crippen LogP contribution in [-0.4, -0.2) is 17.6 Å². The third-order valence-corrected chi connectivity index (χ3v) is 4.03. The summed E-state index contributed by atoms with van der Waals surface area (Å²) in [6, 6.07) is 11.1. The molecule has 2 rings (SSSR count). The Kier molecular flexibility index (Phi) is 6.20. The molecule has 2 nitrogen and oxygen atoms in total. The minimum Gasteiger partial charge on any atom is -0.314 e. The molecule has 0 amide bonds. The number of nitrogens with zero attached hydrogens (tertiary/aromatic N) is 1. The molecule has 106 valence electrons. The molecule has 4 heteroatoms. The Hall–Kier alpha value is -0.710. The standard InChI is InChI=1S/C16H18Br2N2/c1-2-20-16(8-12-4-3-5-14(17)6-12)9-13-7-15(18)11-19-10-13/h3-7,10-11,16,20H,2,8-9H2,1H3. The number of benzene rings is 1. The van der Waals surface area contributed by atoms with Gasteiger partial charge in [0.2, 0.25) is 0 Å². The highest BCUT2D eigenvalue weighted by molar-refractivity contribution is 9.10. The van der Waals surface area contributed by atoms with Gasteiger partial charge in [-0.15, -0.1) is 0 Å². The highest BCUT2D eigenvalue weighted by Crippen LogP contribution is 2.16. The number of aromatic nitrogens is 1. The van der Waals surface area contributed by atoms with Gasteiger partial charge in [0.25, 0.3) is 0 Å². The fourth-order valence-corrected chi connectivity index (χ4v) is 3.16. The van der Waals surface area contributed by atoms with Crippen molar-refractivity contribution in [1.29, 1.82) is 0 Å². The molecule has 1 atom stereocenters. The van der Waals surface area contributed by atoms with E-state index in [1.165, 1.54) is 11.1 Å². The van der Waals surface area contributed by atoms with Crippen molar-refractivity contribution in [2.24, 2.45) is 0 Å². The predicted molar refractivity (Wildman–Crippen MR) is 91.0 cm³/mol. The van der Waals surface area contributed by atoms with Gasteiger partial charge in [-0.2, -0.15) is 0 Å². The molecule has 1 heterocycles. The number of hydrogen-bond donors (Lipinski definition) is 1. The molecule has 20 heavy (non-hydrogen) atoms. The Morgan fingerprint density at radius 3 is 2.50 bits per heavy atom. The summed E-state index contributed by atoms with van der Waals surface area (Å²) in [6.07, 6.45) is 5.75. The van der Waals surface area contributed by atoms with Crippen LogP contribution in [0.4, 0.5) is 0 Å². The number of pyridine rings is 1. The van der Waals surface area contributed by atoms with Crippen LogP contribution >= 0.6 is 31.9 Å². The first-order valence-corrected chi connectivity index (χ1v) is 8.33. The van der Waals surface area contributed by atoms with Crippen LogP contribution in [0.3, 0.4) is 0 Å². The minimum absolute atomic E-state index is 0.422. The van der Waals surface area contributed by atoms with E-state index in [2.05, 4.69) is 79.4 Å². The van der Waals surface area contributed by atoms with Gasteiger partial charge in [-0.05, 0) is 64.6 Å². The molecule has 1 aromatic heterocycles. The molecular weight excluding hydrogens is 380 g/mol. The van der Waals surface area contributed by atoms with E-state index in [4.69, 9.17) is 0 Å². The second-order valence-electron chi connectivity index (χ2n) is 4.80. The summed E-state index contributed by atoms with van der Waals surface area (Å²) in [5.74, 6) is 0. The summed E-state index contributed by atoms with van der Waals surface area (Å²) in [6.45, 7) is 3.12. The molecule has 0 saturated heterocycles. The van der Waals surface area contributed by atoms with Crippen molar-refractivity contribution in [3.63, 3.8) is 0 Å². The van der Waals surface area contributed by atoms with Gasteiger partial charge in [-0.25, -0.2) is 0 Å². The van der Waals surface area contributed by atoms with Crippen LogP contribution in [0, 0.1) is 0 Å². The zero-order valence-electron chi connectivity index (χ0n) is 11.4. The molecule has 0 saturated carbocycles. The van der Waals surface area contributed by atoms with Crippen molar-refractivity contribution in [3.8, 4) is 0 Å². The molecule has 0 aliphatic rings. The van der Waals surface area contributed by atoms with E-state index in [1.807, 2.05) is 12.4 Å². The first kappa shape index (κ1) is 15.7. The monoisotopic (exact) mass is 396 g/mol. The summed E-state index contributed by atoms with van der Waals surface area (Å²) in [4.78, 5) is 4.24. The number of hydrogen-bond acceptors (Lipinski definition) is 2. The van der Waals surface area contributed by atoms with Gasteiger partial charge in [0, 0.05) is 27.4 Å². The molecule has 0 aliphatic carbocycles. The summed E-state index contributed by atoms with van der Waals surface area (Å²) in [7, 11) is 0. The Morgan fingerprint density at radius 2 is 1.80 bits per heavy atom. The highest BCUT2D eigenvalue weighted by atomic mass is 79.9. The normalized spacial score (nSPS) is 12.3. The van der Waals surface area contributed by atoms with Gasteiger partial charge in [0.05, 0.1) is 0 Å². The lowest BCUT2D eigenvalue weighted by Gasteiger charge is -2.18. The number of halogens is 2. The second kappa shape index (κ2) is 7.91. The molecule has 0 fully saturated rings. The van der Waals surface area contributed by atoms with E-state index in [-0.39, 0.29) is 0 Å². The van der Waals surface area contributed by atoms with Gasteiger partial charge in [0.1, 0.15) is 0 Å². The van der Waals surface area contributed by atoms with Gasteiger partial charge in [0.15, 0.2) is 0 Å². The van der Waals surface area contributed by atoms with Crippen LogP contribution in [0.25, 0.3) is 0 Å². The molecule has 0 spiro atoms. The second-order valence-corrected chi connectivity index (χ2v) is 6.64. The summed E-state index contributed by atoms with van der Waals surface area (Å²) in [5, 5.41) is 3.56. The van der Waals surface area contributed by atoms with E-state index < -0.39 is 0 Å². The van der Waals surface area contributed by atoms with E-state index >= 15 is 0 Å². The Balaban J connectivity index is 2.07. The van der Waals surface area contributed by atoms with Crippen molar-refractivity contribution in [2.75, 3.05) is 6.54 Å². The summed E-state index contributed by atoms with van der Waals surface area (Å²) in [5.41, 5.74) is 2.59. The molecule has 0 bridgehead atoms. The fraction of sp³-hybridized carbons (Fsp3) is 0.312. The Labute approximate surface area is 137 Å². The van der Waals surface area contributed by atoms with Crippen molar-refractivity contribution >= 4 is 31.9 Å². The molecule has 0 radical (unpaired) electrons. The summed E-state index contributed by atoms with van der Waals surface area (Å²) < 4.78 is 2.17. The topological polar surface area (TPSA) is 24.9 Å². The molecule has 0 aliphatic heterocycles. The van der Waals surface area contributed by atoms with Crippen molar-refractivity contribution in [2.45, 2.75) is 25.8 Å².